The molecule has 1 N–H and O–H groups in total. The zero-order valence-electron chi connectivity index (χ0n) is 10.3. The molecule has 0 spiro atoms. The Hall–Kier alpha value is -0.850. The van der Waals surface area contributed by atoms with E-state index in [4.69, 9.17) is 5.26 Å². The van der Waals surface area contributed by atoms with Crippen LogP contribution in [-0.2, 0) is 0 Å². The summed E-state index contributed by atoms with van der Waals surface area (Å²) in [4.78, 5) is 0. The lowest BCUT2D eigenvalue weighted by Gasteiger charge is -2.16. The maximum Gasteiger partial charge on any atom is 0.0683 e. The van der Waals surface area contributed by atoms with Gasteiger partial charge in [-0.15, -0.1) is 0 Å². The Labute approximate surface area is 102 Å². The molecule has 1 heterocycles. The first-order valence-electron chi connectivity index (χ1n) is 5.72. The van der Waals surface area contributed by atoms with Crippen LogP contribution in [-0.4, -0.2) is 6.54 Å². The average Bonchev–Trinajstić information content (AvgIpc) is 2.77. The highest BCUT2D eigenvalue weighted by Crippen LogP contribution is 2.21. The van der Waals surface area contributed by atoms with Crippen molar-refractivity contribution < 1.29 is 0 Å². The van der Waals surface area contributed by atoms with Gasteiger partial charge in [-0.2, -0.15) is 16.6 Å². The maximum atomic E-state index is 8.88. The van der Waals surface area contributed by atoms with E-state index in [0.717, 1.165) is 19.4 Å². The Bertz CT molecular complexity index is 335. The van der Waals surface area contributed by atoms with Gasteiger partial charge in [-0.05, 0) is 62.5 Å². The lowest BCUT2D eigenvalue weighted by molar-refractivity contribution is 0.417. The first-order chi connectivity index (χ1) is 7.55. The maximum absolute atomic E-state index is 8.88. The first-order valence-corrected chi connectivity index (χ1v) is 6.66. The molecule has 1 rings (SSSR count). The highest BCUT2D eigenvalue weighted by Gasteiger charge is 2.15. The van der Waals surface area contributed by atoms with Crippen molar-refractivity contribution in [1.29, 1.82) is 5.26 Å². The topological polar surface area (TPSA) is 35.8 Å². The average molecular weight is 236 g/mol. The van der Waals surface area contributed by atoms with Gasteiger partial charge in [-0.1, -0.05) is 0 Å². The minimum absolute atomic E-state index is 0.187. The predicted octanol–water partition coefficient (Wildman–Crippen LogP) is 3.73. The molecule has 0 saturated heterocycles. The van der Waals surface area contributed by atoms with Gasteiger partial charge in [0.15, 0.2) is 0 Å². The molecule has 88 valence electrons. The molecule has 0 saturated carbocycles. The first kappa shape index (κ1) is 13.2. The van der Waals surface area contributed by atoms with Gasteiger partial charge in [0.05, 0.1) is 11.5 Å². The van der Waals surface area contributed by atoms with Gasteiger partial charge in [0.1, 0.15) is 0 Å². The van der Waals surface area contributed by atoms with Crippen LogP contribution in [0, 0.1) is 16.7 Å². The third-order valence-corrected chi connectivity index (χ3v) is 3.48. The predicted molar refractivity (Wildman–Crippen MR) is 69.4 cm³/mol. The summed E-state index contributed by atoms with van der Waals surface area (Å²) >= 11 is 1.73. The summed E-state index contributed by atoms with van der Waals surface area (Å²) in [5, 5.41) is 16.6. The Morgan fingerprint density at radius 1 is 1.56 bits per heavy atom. The van der Waals surface area contributed by atoms with Crippen LogP contribution in [0.4, 0.5) is 0 Å². The normalized spacial score (nSPS) is 13.4. The second-order valence-corrected chi connectivity index (χ2v) is 5.61. The van der Waals surface area contributed by atoms with E-state index in [2.05, 4.69) is 35.1 Å². The summed E-state index contributed by atoms with van der Waals surface area (Å²) in [6.45, 7) is 7.14. The van der Waals surface area contributed by atoms with E-state index in [1.165, 1.54) is 5.56 Å². The molecule has 0 aliphatic rings. The van der Waals surface area contributed by atoms with Crippen molar-refractivity contribution in [2.24, 2.45) is 5.41 Å². The van der Waals surface area contributed by atoms with Gasteiger partial charge in [0, 0.05) is 6.04 Å². The second-order valence-electron chi connectivity index (χ2n) is 4.83. The SMILES string of the molecule is CC(NCCCC(C)(C)C#N)c1ccsc1. The standard InChI is InChI=1S/C13H20N2S/c1-11(12-5-8-16-9-12)15-7-4-6-13(2,3)10-14/h5,8-9,11,15H,4,6-7H2,1-3H3. The summed E-state index contributed by atoms with van der Waals surface area (Å²) in [5.41, 5.74) is 1.16. The zero-order valence-corrected chi connectivity index (χ0v) is 11.1. The van der Waals surface area contributed by atoms with E-state index in [1.54, 1.807) is 11.3 Å². The third kappa shape index (κ3) is 4.34. The Morgan fingerprint density at radius 2 is 2.31 bits per heavy atom. The number of hydrogen-bond donors (Lipinski definition) is 1. The van der Waals surface area contributed by atoms with Crippen molar-refractivity contribution in [2.45, 2.75) is 39.7 Å². The molecule has 0 fully saturated rings. The molecular formula is C13H20N2S. The number of nitriles is 1. The van der Waals surface area contributed by atoms with Gasteiger partial charge in [-0.3, -0.25) is 0 Å². The Kier molecular flexibility index (Phi) is 4.98. The van der Waals surface area contributed by atoms with E-state index in [1.807, 2.05) is 13.8 Å². The van der Waals surface area contributed by atoms with Gasteiger partial charge in [-0.25, -0.2) is 0 Å². The number of nitrogens with zero attached hydrogens (tertiary/aromatic N) is 1. The molecule has 0 amide bonds. The van der Waals surface area contributed by atoms with Gasteiger partial charge >= 0.3 is 0 Å². The highest BCUT2D eigenvalue weighted by atomic mass is 32.1. The van der Waals surface area contributed by atoms with Gasteiger partial charge in [0.25, 0.3) is 0 Å². The summed E-state index contributed by atoms with van der Waals surface area (Å²) in [7, 11) is 0. The fraction of sp³-hybridized carbons (Fsp3) is 0.615. The minimum Gasteiger partial charge on any atom is -0.310 e. The van der Waals surface area contributed by atoms with E-state index < -0.39 is 0 Å². The second kappa shape index (κ2) is 6.03. The zero-order chi connectivity index (χ0) is 12.0. The van der Waals surface area contributed by atoms with Gasteiger partial charge < -0.3 is 5.32 Å². The van der Waals surface area contributed by atoms with Crippen molar-refractivity contribution in [3.05, 3.63) is 22.4 Å². The summed E-state index contributed by atoms with van der Waals surface area (Å²) < 4.78 is 0. The molecule has 16 heavy (non-hydrogen) atoms. The summed E-state index contributed by atoms with van der Waals surface area (Å²) in [6.07, 6.45) is 2.00. The monoisotopic (exact) mass is 236 g/mol. The number of thiophene rings is 1. The van der Waals surface area contributed by atoms with Crippen molar-refractivity contribution >= 4 is 11.3 Å². The molecule has 1 atom stereocenters. The fourth-order valence-electron chi connectivity index (χ4n) is 1.54. The summed E-state index contributed by atoms with van der Waals surface area (Å²) in [5.74, 6) is 0. The molecule has 1 aromatic heterocycles. The van der Waals surface area contributed by atoms with Crippen molar-refractivity contribution in [1.82, 2.24) is 5.32 Å². The third-order valence-electron chi connectivity index (χ3n) is 2.77. The molecule has 0 aromatic carbocycles. The van der Waals surface area contributed by atoms with Crippen LogP contribution in [0.3, 0.4) is 0 Å². The molecule has 0 aliphatic heterocycles. The number of nitrogens with one attached hydrogen (secondary N) is 1. The molecule has 1 aromatic rings. The van der Waals surface area contributed by atoms with Crippen molar-refractivity contribution in [3.8, 4) is 6.07 Å². The van der Waals surface area contributed by atoms with Crippen LogP contribution >= 0.6 is 11.3 Å². The van der Waals surface area contributed by atoms with Crippen LogP contribution < -0.4 is 5.32 Å². The smallest absolute Gasteiger partial charge is 0.0683 e. The van der Waals surface area contributed by atoms with E-state index in [-0.39, 0.29) is 5.41 Å². The molecule has 3 heteroatoms. The lowest BCUT2D eigenvalue weighted by Crippen LogP contribution is -2.21. The Balaban J connectivity index is 2.20. The summed E-state index contributed by atoms with van der Waals surface area (Å²) in [6, 6.07) is 4.90. The number of hydrogen-bond acceptors (Lipinski definition) is 3. The highest BCUT2D eigenvalue weighted by molar-refractivity contribution is 7.07. The lowest BCUT2D eigenvalue weighted by atomic mass is 9.90. The molecule has 2 nitrogen and oxygen atoms in total. The molecule has 0 aliphatic carbocycles. The van der Waals surface area contributed by atoms with Crippen LogP contribution in [0.5, 0.6) is 0 Å². The molecule has 0 radical (unpaired) electrons. The van der Waals surface area contributed by atoms with E-state index in [0.29, 0.717) is 6.04 Å². The van der Waals surface area contributed by atoms with Crippen LogP contribution in [0.25, 0.3) is 0 Å². The van der Waals surface area contributed by atoms with Crippen LogP contribution in [0.1, 0.15) is 45.2 Å². The Morgan fingerprint density at radius 3 is 2.88 bits per heavy atom. The minimum atomic E-state index is -0.187. The quantitative estimate of drug-likeness (QED) is 0.764. The largest absolute Gasteiger partial charge is 0.310 e. The van der Waals surface area contributed by atoms with Crippen molar-refractivity contribution in [2.75, 3.05) is 6.54 Å². The molecule has 1 unspecified atom stereocenters. The van der Waals surface area contributed by atoms with E-state index in [9.17, 15) is 0 Å². The molecule has 0 bridgehead atoms. The molecular weight excluding hydrogens is 216 g/mol. The van der Waals surface area contributed by atoms with Crippen molar-refractivity contribution in [3.63, 3.8) is 0 Å². The number of rotatable bonds is 6. The fourth-order valence-corrected chi connectivity index (χ4v) is 2.30. The van der Waals surface area contributed by atoms with Crippen LogP contribution in [0.15, 0.2) is 16.8 Å². The van der Waals surface area contributed by atoms with Crippen LogP contribution in [0.2, 0.25) is 0 Å². The van der Waals surface area contributed by atoms with E-state index >= 15 is 0 Å². The van der Waals surface area contributed by atoms with Gasteiger partial charge in [0.2, 0.25) is 0 Å².